The number of hydrogen-bond acceptors (Lipinski definition) is 5. The molecule has 7 heteroatoms. The molecule has 1 aromatic heterocycles. The van der Waals surface area contributed by atoms with Crippen LogP contribution in [-0.2, 0) is 17.6 Å². The van der Waals surface area contributed by atoms with Crippen LogP contribution in [0.2, 0.25) is 0 Å². The van der Waals surface area contributed by atoms with Gasteiger partial charge in [0.25, 0.3) is 0 Å². The molecule has 7 nitrogen and oxygen atoms in total. The van der Waals surface area contributed by atoms with Crippen LogP contribution in [0.4, 0.5) is 0 Å². The number of rotatable bonds is 11. The number of aliphatic hydroxyl groups excluding tert-OH is 1. The molecule has 1 heterocycles. The van der Waals surface area contributed by atoms with E-state index in [2.05, 4.69) is 43.2 Å². The van der Waals surface area contributed by atoms with Crippen molar-refractivity contribution in [1.82, 2.24) is 15.2 Å². The molecule has 1 atom stereocenters. The third-order valence-corrected chi connectivity index (χ3v) is 7.97. The number of aromatic amines is 1. The van der Waals surface area contributed by atoms with Crippen molar-refractivity contribution >= 4 is 16.8 Å². The number of phenolic OH excluding ortho intramolecular Hbond substituents is 1. The van der Waals surface area contributed by atoms with Gasteiger partial charge in [-0.2, -0.15) is 0 Å². The number of amides is 1. The summed E-state index contributed by atoms with van der Waals surface area (Å²) in [6.07, 6.45) is 6.67. The number of β-amino-alcohol motifs (C(OH)–C–C–N with tert-alkyl or cyclic N) is 1. The Labute approximate surface area is 231 Å². The van der Waals surface area contributed by atoms with Crippen molar-refractivity contribution in [2.75, 3.05) is 19.6 Å². The van der Waals surface area contributed by atoms with Crippen LogP contribution in [0, 0.1) is 5.92 Å². The fourth-order valence-electron chi connectivity index (χ4n) is 5.83. The van der Waals surface area contributed by atoms with E-state index in [9.17, 15) is 19.8 Å². The maximum atomic E-state index is 13.1. The molecule has 0 spiro atoms. The molecule has 3 aromatic rings. The fourth-order valence-corrected chi connectivity index (χ4v) is 5.83. The van der Waals surface area contributed by atoms with Crippen molar-refractivity contribution in [2.24, 2.45) is 5.92 Å². The first-order chi connectivity index (χ1) is 18.6. The van der Waals surface area contributed by atoms with E-state index >= 15 is 0 Å². The summed E-state index contributed by atoms with van der Waals surface area (Å²) >= 11 is 0. The number of H-pyrrole nitrogens is 1. The maximum absolute atomic E-state index is 13.1. The van der Waals surface area contributed by atoms with E-state index in [4.69, 9.17) is 0 Å². The van der Waals surface area contributed by atoms with Gasteiger partial charge in [0.15, 0.2) is 0 Å². The maximum Gasteiger partial charge on any atom is 0.248 e. The number of pyridine rings is 1. The van der Waals surface area contributed by atoms with Crippen molar-refractivity contribution in [3.63, 3.8) is 0 Å². The van der Waals surface area contributed by atoms with Gasteiger partial charge in [0.2, 0.25) is 11.5 Å². The zero-order valence-electron chi connectivity index (χ0n) is 23.5. The quantitative estimate of drug-likeness (QED) is 0.282. The minimum Gasteiger partial charge on any atom is -0.506 e. The summed E-state index contributed by atoms with van der Waals surface area (Å²) in [5.41, 5.74) is 2.50. The van der Waals surface area contributed by atoms with Gasteiger partial charge < -0.3 is 25.4 Å². The average molecular weight is 534 g/mol. The standard InChI is InChI=1S/C32H43N3O4/c1-4-35(21-22-9-6-5-7-10-22)30(39)18-23-11-8-12-24(17-23)19-32(2,3)33-20-28(37)25-13-15-27(36)31-26(25)14-16-29(38)34-31/h8,11-17,22,28,33,36-37H,4-7,9-10,18-21H2,1-3H3,(H,34,38)/t28-/m1/s1. The van der Waals surface area contributed by atoms with Crippen molar-refractivity contribution in [2.45, 2.75) is 77.4 Å². The second kappa shape index (κ2) is 12.8. The second-order valence-electron chi connectivity index (χ2n) is 11.7. The minimum absolute atomic E-state index is 0.0265. The van der Waals surface area contributed by atoms with E-state index < -0.39 is 6.10 Å². The molecular weight excluding hydrogens is 490 g/mol. The molecule has 0 saturated heterocycles. The number of nitrogens with one attached hydrogen (secondary N) is 2. The summed E-state index contributed by atoms with van der Waals surface area (Å²) in [5, 5.41) is 25.2. The van der Waals surface area contributed by atoms with E-state index in [0.29, 0.717) is 35.3 Å². The molecule has 1 fully saturated rings. The number of phenols is 1. The lowest BCUT2D eigenvalue weighted by Gasteiger charge is -2.29. The van der Waals surface area contributed by atoms with Crippen molar-refractivity contribution in [3.05, 3.63) is 75.6 Å². The van der Waals surface area contributed by atoms with Gasteiger partial charge in [-0.3, -0.25) is 9.59 Å². The first-order valence-electron chi connectivity index (χ1n) is 14.3. The predicted molar refractivity (Wildman–Crippen MR) is 156 cm³/mol. The van der Waals surface area contributed by atoms with E-state index in [0.717, 1.165) is 30.6 Å². The van der Waals surface area contributed by atoms with Crippen LogP contribution >= 0.6 is 0 Å². The van der Waals surface area contributed by atoms with E-state index in [-0.39, 0.29) is 22.8 Å². The van der Waals surface area contributed by atoms with Gasteiger partial charge in [-0.15, -0.1) is 0 Å². The summed E-state index contributed by atoms with van der Waals surface area (Å²) in [4.78, 5) is 29.5. The molecule has 0 aliphatic heterocycles. The molecule has 1 aliphatic carbocycles. The van der Waals surface area contributed by atoms with Crippen molar-refractivity contribution < 1.29 is 15.0 Å². The molecule has 0 radical (unpaired) electrons. The lowest BCUT2D eigenvalue weighted by atomic mass is 9.89. The minimum atomic E-state index is -0.827. The Bertz CT molecular complexity index is 1330. The third kappa shape index (κ3) is 7.70. The summed E-state index contributed by atoms with van der Waals surface area (Å²) in [6.45, 7) is 8.18. The van der Waals surface area contributed by atoms with Gasteiger partial charge in [-0.25, -0.2) is 0 Å². The SMILES string of the molecule is CCN(CC1CCCCC1)C(=O)Cc1cccc(CC(C)(C)NC[C@@H](O)c2ccc(O)c3[nH]c(=O)ccc23)c1. The van der Waals surface area contributed by atoms with E-state index in [1.54, 1.807) is 12.1 Å². The Kier molecular flexibility index (Phi) is 9.46. The highest BCUT2D eigenvalue weighted by atomic mass is 16.3. The molecule has 1 saturated carbocycles. The van der Waals surface area contributed by atoms with Gasteiger partial charge in [-0.1, -0.05) is 49.6 Å². The number of benzene rings is 2. The Balaban J connectivity index is 1.36. The summed E-state index contributed by atoms with van der Waals surface area (Å²) in [6, 6.07) is 14.4. The monoisotopic (exact) mass is 533 g/mol. The largest absolute Gasteiger partial charge is 0.506 e. The van der Waals surface area contributed by atoms with Crippen molar-refractivity contribution in [1.29, 1.82) is 0 Å². The van der Waals surface area contributed by atoms with Crippen LogP contribution in [0.1, 0.15) is 75.7 Å². The van der Waals surface area contributed by atoms with Crippen LogP contribution in [0.15, 0.2) is 53.3 Å². The molecule has 1 aliphatic rings. The van der Waals surface area contributed by atoms with Gasteiger partial charge in [0.1, 0.15) is 5.75 Å². The predicted octanol–water partition coefficient (Wildman–Crippen LogP) is 4.85. The Hall–Kier alpha value is -3.16. The number of carbonyl (C=O) groups excluding carboxylic acids is 1. The first-order valence-corrected chi connectivity index (χ1v) is 14.3. The van der Waals surface area contributed by atoms with Crippen LogP contribution in [0.25, 0.3) is 10.9 Å². The molecule has 39 heavy (non-hydrogen) atoms. The highest BCUT2D eigenvalue weighted by Crippen LogP contribution is 2.29. The number of aliphatic hydroxyl groups is 1. The average Bonchev–Trinajstić information content (AvgIpc) is 2.91. The normalized spacial score (nSPS) is 15.4. The highest BCUT2D eigenvalue weighted by Gasteiger charge is 2.23. The van der Waals surface area contributed by atoms with E-state index in [1.165, 1.54) is 44.2 Å². The van der Waals surface area contributed by atoms with Gasteiger partial charge in [0.05, 0.1) is 18.0 Å². The molecule has 4 rings (SSSR count). The number of aromatic hydroxyl groups is 1. The third-order valence-electron chi connectivity index (χ3n) is 7.97. The van der Waals surface area contributed by atoms with Crippen LogP contribution in [0.3, 0.4) is 0 Å². The van der Waals surface area contributed by atoms with Gasteiger partial charge >= 0.3 is 0 Å². The van der Waals surface area contributed by atoms with Crippen LogP contribution in [-0.4, -0.2) is 51.2 Å². The first kappa shape index (κ1) is 28.8. The number of carbonyl (C=O) groups is 1. The number of likely N-dealkylation sites (N-methyl/N-ethyl adjacent to an activating group) is 1. The smallest absolute Gasteiger partial charge is 0.248 e. The lowest BCUT2D eigenvalue weighted by Crippen LogP contribution is -2.43. The Morgan fingerprint density at radius 2 is 1.85 bits per heavy atom. The summed E-state index contributed by atoms with van der Waals surface area (Å²) < 4.78 is 0. The zero-order chi connectivity index (χ0) is 28.0. The molecule has 4 N–H and O–H groups in total. The number of hydrogen-bond donors (Lipinski definition) is 4. The van der Waals surface area contributed by atoms with Gasteiger partial charge in [-0.05, 0) is 74.8 Å². The molecule has 2 aromatic carbocycles. The van der Waals surface area contributed by atoms with Gasteiger partial charge in [0, 0.05) is 36.6 Å². The summed E-state index contributed by atoms with van der Waals surface area (Å²) in [7, 11) is 0. The lowest BCUT2D eigenvalue weighted by molar-refractivity contribution is -0.131. The topological polar surface area (TPSA) is 106 Å². The molecule has 210 valence electrons. The molecular formula is C32H43N3O4. The summed E-state index contributed by atoms with van der Waals surface area (Å²) in [5.74, 6) is 0.808. The second-order valence-corrected chi connectivity index (χ2v) is 11.7. The highest BCUT2D eigenvalue weighted by molar-refractivity contribution is 5.87. The Morgan fingerprint density at radius 1 is 1.10 bits per heavy atom. The van der Waals surface area contributed by atoms with Crippen molar-refractivity contribution in [3.8, 4) is 5.75 Å². The molecule has 1 amide bonds. The van der Waals surface area contributed by atoms with Crippen LogP contribution in [0.5, 0.6) is 5.75 Å². The number of fused-ring (bicyclic) bond motifs is 1. The molecule has 0 unspecified atom stereocenters. The zero-order valence-corrected chi connectivity index (χ0v) is 23.5. The fraction of sp³-hybridized carbons (Fsp3) is 0.500. The van der Waals surface area contributed by atoms with Crippen LogP contribution < -0.4 is 10.9 Å². The number of aromatic nitrogens is 1. The Morgan fingerprint density at radius 3 is 2.59 bits per heavy atom. The van der Waals surface area contributed by atoms with E-state index in [1.807, 2.05) is 17.0 Å². The molecule has 0 bridgehead atoms. The number of nitrogens with zero attached hydrogens (tertiary/aromatic N) is 1.